The van der Waals surface area contributed by atoms with Gasteiger partial charge < -0.3 is 48.5 Å². The van der Waals surface area contributed by atoms with Gasteiger partial charge in [-0.3, -0.25) is 52.4 Å². The van der Waals surface area contributed by atoms with E-state index < -0.39 is 23.3 Å². The van der Waals surface area contributed by atoms with E-state index in [1.54, 1.807) is 78.5 Å². The predicted molar refractivity (Wildman–Crippen MR) is 536 cm³/mol. The molecule has 34 nitrogen and oxygen atoms in total. The number of rotatable bonds is 33. The molecule has 0 unspecified atom stereocenters. The Hall–Kier alpha value is -15.6. The highest BCUT2D eigenvalue weighted by Gasteiger charge is 2.31. The Bertz CT molecular complexity index is 7740. The van der Waals surface area contributed by atoms with Crippen molar-refractivity contribution in [2.24, 2.45) is 11.8 Å². The molecule has 0 saturated heterocycles. The minimum Gasteiger partial charge on any atom is -0.455 e. The van der Waals surface area contributed by atoms with Crippen LogP contribution in [0.1, 0.15) is 183 Å². The molecular formula is C107H115F4N21O13. The van der Waals surface area contributed by atoms with Crippen LogP contribution in [0, 0.1) is 35.1 Å². The largest absolute Gasteiger partial charge is 0.455 e. The Morgan fingerprint density at radius 3 is 0.862 bits per heavy atom. The summed E-state index contributed by atoms with van der Waals surface area (Å²) in [5, 5.41) is 18.8. The van der Waals surface area contributed by atoms with Crippen LogP contribution in [0.15, 0.2) is 190 Å². The number of nitrogens with zero attached hydrogens (tertiary/aromatic N) is 17. The van der Waals surface area contributed by atoms with E-state index in [1.807, 2.05) is 73.2 Å². The second kappa shape index (κ2) is 44.5. The van der Waals surface area contributed by atoms with Crippen molar-refractivity contribution in [2.45, 2.75) is 215 Å². The number of carbonyl (C=O) groups is 4. The van der Waals surface area contributed by atoms with Crippen molar-refractivity contribution in [2.75, 3.05) is 27.7 Å². The molecule has 18 rings (SSSR count). The summed E-state index contributed by atoms with van der Waals surface area (Å²) >= 11 is 0. The highest BCUT2D eigenvalue weighted by Crippen LogP contribution is 2.38. The summed E-state index contributed by atoms with van der Waals surface area (Å²) in [7, 11) is 5.54. The normalized spacial score (nSPS) is 12.9. The summed E-state index contributed by atoms with van der Waals surface area (Å²) in [6, 6.07) is 31.7. The van der Waals surface area contributed by atoms with Gasteiger partial charge in [0.15, 0.2) is 45.6 Å². The molecule has 4 N–H and O–H groups in total. The number of ketones is 4. The summed E-state index contributed by atoms with van der Waals surface area (Å²) in [5.41, 5.74) is 8.59. The minimum atomic E-state index is -0.559. The standard InChI is InChI=1S/C28H30FN5O3.C27H31FN6O3.C27H28FN5O3.C25H26FN5O4/c1-28(2,3)24-13-19(34(33-24)16-17-5-4-6-17)12-20(35)11-18-7-8-21(14-22(18)29)37-23-9-10-30-27-26(23)31-15-25(36)32-27;1-27(2,3)23-14-18(34(32-23)11-10-33(4)5)13-19(35)12-17-6-7-20(15-21(17)28)37-22-8-9-29-26-25(22)30-16-24(36)31-26;1-27(2,3)23-12-18(33(32-23)15-16-4-5-16)11-19(34)10-17-6-7-20(13-21(17)28)36-22-8-9-29-26-25(22)30-14-24(35)31-26;1-25(2,3)21-11-16(31(30-21)14-34-4)10-17(32)9-15-5-6-18(12-19(15)26)35-20-7-8-27-24-23(20)28-13-22(33)29-24/h7-10,13-15,17H,4-6,11-12,16H2,1-3H3,(H,30,32,36);6-9,14-16H,10-13H2,1-5H3,(H,29,31,36);6-9,12-14,16H,4-5,10-11,15H2,1-3H3,(H,29,31,35);5-8,11-13H,9-10,14H2,1-4H3,(H,27,29,33). The molecule has 0 atom stereocenters. The van der Waals surface area contributed by atoms with E-state index in [2.05, 4.69) is 132 Å². The van der Waals surface area contributed by atoms with Crippen molar-refractivity contribution < 1.29 is 60.4 Å². The first kappa shape index (κ1) is 104. The number of hydrogen-bond donors (Lipinski definition) is 4. The molecule has 38 heteroatoms. The van der Waals surface area contributed by atoms with Crippen LogP contribution < -0.4 is 41.2 Å². The van der Waals surface area contributed by atoms with Gasteiger partial charge in [-0.1, -0.05) is 114 Å². The van der Waals surface area contributed by atoms with Gasteiger partial charge in [-0.25, -0.2) is 62.1 Å². The summed E-state index contributed by atoms with van der Waals surface area (Å²) < 4.78 is 95.5. The lowest BCUT2D eigenvalue weighted by molar-refractivity contribution is -0.118. The third kappa shape index (κ3) is 27.4. The first-order chi connectivity index (χ1) is 68.9. The first-order valence-electron chi connectivity index (χ1n) is 47.6. The van der Waals surface area contributed by atoms with E-state index in [1.165, 1.54) is 87.2 Å². The number of ether oxygens (including phenoxy) is 5. The van der Waals surface area contributed by atoms with E-state index in [0.29, 0.717) is 74.6 Å². The van der Waals surface area contributed by atoms with E-state index in [9.17, 15) is 55.9 Å². The Balaban J connectivity index is 0.000000145. The lowest BCUT2D eigenvalue weighted by Crippen LogP contribution is -2.22. The number of carbonyl (C=O) groups excluding carboxylic acids is 4. The number of likely N-dealkylation sites (N-methyl/N-ethyl adjacent to an activating group) is 1. The molecule has 2 aliphatic rings. The van der Waals surface area contributed by atoms with Crippen molar-refractivity contribution in [3.63, 3.8) is 0 Å². The van der Waals surface area contributed by atoms with Gasteiger partial charge in [0.1, 0.15) is 98.2 Å². The summed E-state index contributed by atoms with van der Waals surface area (Å²) in [5.74, 6) is 0.966. The van der Waals surface area contributed by atoms with Crippen molar-refractivity contribution in [1.29, 1.82) is 0 Å². The third-order valence-corrected chi connectivity index (χ3v) is 24.2. The molecule has 0 radical (unpaired) electrons. The van der Waals surface area contributed by atoms with Crippen LogP contribution in [0.5, 0.6) is 46.0 Å². The van der Waals surface area contributed by atoms with Crippen LogP contribution in [0.2, 0.25) is 0 Å². The molecule has 2 aliphatic carbocycles. The van der Waals surface area contributed by atoms with Crippen molar-refractivity contribution in [3.05, 3.63) is 303 Å². The Kier molecular flexibility index (Phi) is 31.8. The monoisotopic (exact) mass is 1980 g/mol. The van der Waals surface area contributed by atoms with Gasteiger partial charge in [-0.05, 0) is 122 Å². The average Bonchev–Trinajstić information content (AvgIpc) is 1.36. The molecule has 12 aromatic heterocycles. The predicted octanol–water partition coefficient (Wildman–Crippen LogP) is 16.8. The quantitative estimate of drug-likeness (QED) is 0.0278. The number of halogens is 4. The molecule has 0 spiro atoms. The fourth-order valence-corrected chi connectivity index (χ4v) is 15.7. The molecule has 2 fully saturated rings. The summed E-state index contributed by atoms with van der Waals surface area (Å²) in [6.45, 7) is 28.4. The number of H-pyrrole nitrogens is 4. The lowest BCUT2D eigenvalue weighted by Gasteiger charge is -2.26. The molecule has 4 aromatic carbocycles. The van der Waals surface area contributed by atoms with Gasteiger partial charge in [-0.15, -0.1) is 0 Å². The maximum atomic E-state index is 15.0. The Morgan fingerprint density at radius 1 is 0.352 bits per heavy atom. The average molecular weight is 1980 g/mol. The van der Waals surface area contributed by atoms with E-state index in [4.69, 9.17) is 39.0 Å². The topological polar surface area (TPSA) is 424 Å². The highest BCUT2D eigenvalue weighted by molar-refractivity contribution is 5.86. The second-order valence-electron chi connectivity index (χ2n) is 40.6. The molecular weight excluding hydrogens is 1860 g/mol. The molecule has 0 amide bonds. The van der Waals surface area contributed by atoms with E-state index in [-0.39, 0.29) is 182 Å². The van der Waals surface area contributed by atoms with E-state index in [0.717, 1.165) is 90.0 Å². The zero-order chi connectivity index (χ0) is 104. The lowest BCUT2D eigenvalue weighted by atomic mass is 9.85. The second-order valence-corrected chi connectivity index (χ2v) is 40.6. The van der Waals surface area contributed by atoms with Crippen LogP contribution in [0.3, 0.4) is 0 Å². The number of Topliss-reactive ketones (excluding diaryl/α,β-unsaturated/α-hetero) is 4. The van der Waals surface area contributed by atoms with Crippen LogP contribution in [-0.4, -0.2) is 155 Å². The van der Waals surface area contributed by atoms with Crippen molar-refractivity contribution in [1.82, 2.24) is 104 Å². The highest BCUT2D eigenvalue weighted by atomic mass is 19.1. The van der Waals surface area contributed by atoms with Crippen molar-refractivity contribution in [3.8, 4) is 46.0 Å². The maximum Gasteiger partial charge on any atom is 0.268 e. The van der Waals surface area contributed by atoms with Crippen LogP contribution in [0.4, 0.5) is 17.6 Å². The van der Waals surface area contributed by atoms with Crippen LogP contribution in [0.25, 0.3) is 44.7 Å². The molecule has 2 saturated carbocycles. The number of pyridine rings is 4. The fourth-order valence-electron chi connectivity index (χ4n) is 15.7. The van der Waals surface area contributed by atoms with Crippen molar-refractivity contribution >= 4 is 67.8 Å². The number of benzene rings is 4. The number of fused-ring (bicyclic) bond motifs is 4. The smallest absolute Gasteiger partial charge is 0.268 e. The van der Waals surface area contributed by atoms with E-state index >= 15 is 0 Å². The molecule has 0 aliphatic heterocycles. The van der Waals surface area contributed by atoms with Gasteiger partial charge in [0.2, 0.25) is 0 Å². The summed E-state index contributed by atoms with van der Waals surface area (Å²) in [6.07, 6.45) is 16.9. The number of aromatic amines is 4. The van der Waals surface area contributed by atoms with Crippen LogP contribution >= 0.6 is 0 Å². The third-order valence-electron chi connectivity index (χ3n) is 24.2. The van der Waals surface area contributed by atoms with Gasteiger partial charge >= 0.3 is 0 Å². The SMILES string of the molecule is CC(C)(C)c1cc(CC(=O)Cc2ccc(Oc3ccnc4[nH]c(=O)cnc34)cc2F)n(CC2CC2)n1.CC(C)(C)c1cc(CC(=O)Cc2ccc(Oc3ccnc4[nH]c(=O)cnc34)cc2F)n(CC2CCC2)n1.CN(C)CCn1nc(C(C)(C)C)cc1CC(=O)Cc1ccc(Oc2ccnc3[nH]c(=O)cnc23)cc1F.COCn1nc(C(C)(C)C)cc1CC(=O)Cc1ccc(Oc2ccnc3[nH]c(=O)cnc23)cc1F. The zero-order valence-electron chi connectivity index (χ0n) is 83.5. The molecule has 16 aromatic rings. The van der Waals surface area contributed by atoms with Gasteiger partial charge in [0, 0.05) is 196 Å². The molecule has 754 valence electrons. The van der Waals surface area contributed by atoms with Gasteiger partial charge in [-0.2, -0.15) is 20.4 Å². The van der Waals surface area contributed by atoms with Gasteiger partial charge in [0.25, 0.3) is 22.2 Å². The minimum absolute atomic E-state index is 0.0213. The van der Waals surface area contributed by atoms with Crippen LogP contribution in [-0.2, 0) is 123 Å². The maximum absolute atomic E-state index is 15.0. The number of hydrogen-bond acceptors (Lipinski definition) is 26. The Labute approximate surface area is 831 Å². The number of nitrogens with one attached hydrogen (secondary N) is 4. The number of aromatic nitrogens is 20. The zero-order valence-corrected chi connectivity index (χ0v) is 83.5. The fraction of sp³-hybridized carbons (Fsp3) is 0.364. The first-order valence-corrected chi connectivity index (χ1v) is 47.6. The molecule has 145 heavy (non-hydrogen) atoms. The molecule has 0 bridgehead atoms. The number of methoxy groups -OCH3 is 1. The van der Waals surface area contributed by atoms with Gasteiger partial charge in [0.05, 0.1) is 54.1 Å². The Morgan fingerprint density at radius 2 is 0.614 bits per heavy atom. The summed E-state index contributed by atoms with van der Waals surface area (Å²) in [4.78, 5) is 142. The molecule has 12 heterocycles.